The van der Waals surface area contributed by atoms with Crippen LogP contribution in [0.15, 0.2) is 39.6 Å². The molecule has 4 atom stereocenters. The molecule has 2 N–H and O–H groups in total. The van der Waals surface area contributed by atoms with E-state index < -0.39 is 24.9 Å². The lowest BCUT2D eigenvalue weighted by molar-refractivity contribution is -0.0328. The van der Waals surface area contributed by atoms with Crippen molar-refractivity contribution < 1.29 is 31.3 Å². The fourth-order valence-electron chi connectivity index (χ4n) is 5.51. The molecule has 3 aromatic rings. The van der Waals surface area contributed by atoms with E-state index in [9.17, 15) is 17.7 Å². The fraction of sp³-hybridized carbons (Fsp3) is 0.464. The molecule has 41 heavy (non-hydrogen) atoms. The van der Waals surface area contributed by atoms with E-state index in [-0.39, 0.29) is 52.1 Å². The smallest absolute Gasteiger partial charge is 0.446 e. The number of nitrogens with one attached hydrogen (secondary N) is 2. The summed E-state index contributed by atoms with van der Waals surface area (Å²) < 4.78 is 79.8. The maximum absolute atomic E-state index is 15.3. The zero-order valence-corrected chi connectivity index (χ0v) is 24.7. The molecule has 7 nitrogen and oxygen atoms in total. The van der Waals surface area contributed by atoms with Crippen LogP contribution >= 0.6 is 18.9 Å². The number of alkyl halides is 4. The zero-order valence-electron chi connectivity index (χ0n) is 23.0. The van der Waals surface area contributed by atoms with Gasteiger partial charge in [-0.2, -0.15) is 13.2 Å². The Labute approximate surface area is 240 Å². The van der Waals surface area contributed by atoms with E-state index >= 15 is 4.39 Å². The van der Waals surface area contributed by atoms with Gasteiger partial charge in [-0.25, -0.2) is 9.37 Å². The van der Waals surface area contributed by atoms with E-state index in [1.54, 1.807) is 44.6 Å². The molecule has 0 radical (unpaired) electrons. The number of fused-ring (bicyclic) bond motifs is 3. The molecule has 220 valence electrons. The Morgan fingerprint density at radius 3 is 2.73 bits per heavy atom. The Hall–Kier alpha value is -2.87. The minimum atomic E-state index is -4.57. The number of pyridine rings is 1. The van der Waals surface area contributed by atoms with Crippen LogP contribution in [-0.2, 0) is 4.57 Å². The first-order valence-electron chi connectivity index (χ1n) is 13.2. The number of hydrogen-bond donors (Lipinski definition) is 2. The van der Waals surface area contributed by atoms with Gasteiger partial charge in [0.2, 0.25) is 0 Å². The fourth-order valence-corrected chi connectivity index (χ4v) is 6.97. The summed E-state index contributed by atoms with van der Waals surface area (Å²) in [7, 11) is 0.998. The third kappa shape index (κ3) is 6.32. The maximum Gasteiger partial charge on any atom is 0.446 e. The first-order valence-corrected chi connectivity index (χ1v) is 16.6. The van der Waals surface area contributed by atoms with Crippen LogP contribution in [0.4, 0.5) is 29.1 Å². The van der Waals surface area contributed by atoms with Gasteiger partial charge in [0.05, 0.1) is 16.6 Å². The van der Waals surface area contributed by atoms with Crippen LogP contribution in [0.1, 0.15) is 25.0 Å². The average Bonchev–Trinajstić information content (AvgIpc) is 3.38. The van der Waals surface area contributed by atoms with Crippen LogP contribution in [0.2, 0.25) is 0 Å². The zero-order chi connectivity index (χ0) is 29.5. The molecule has 2 fully saturated rings. The van der Waals surface area contributed by atoms with Crippen molar-refractivity contribution >= 4 is 46.8 Å². The summed E-state index contributed by atoms with van der Waals surface area (Å²) in [6, 6.07) is 7.68. The molecule has 2 saturated heterocycles. The molecule has 0 aliphatic carbocycles. The van der Waals surface area contributed by atoms with E-state index in [0.29, 0.717) is 29.1 Å². The van der Waals surface area contributed by atoms with Gasteiger partial charge in [0, 0.05) is 24.5 Å². The second kappa shape index (κ2) is 11.4. The van der Waals surface area contributed by atoms with E-state index in [1.807, 2.05) is 7.05 Å². The Bertz CT molecular complexity index is 1550. The lowest BCUT2D eigenvalue weighted by Gasteiger charge is -2.39. The Balaban J connectivity index is 1.41. The van der Waals surface area contributed by atoms with Gasteiger partial charge in [-0.3, -0.25) is 4.90 Å². The molecular formula is C28H31F4N4O3PS. The van der Waals surface area contributed by atoms with Crippen molar-refractivity contribution in [1.82, 2.24) is 9.88 Å². The summed E-state index contributed by atoms with van der Waals surface area (Å²) in [5.41, 5.74) is -3.50. The van der Waals surface area contributed by atoms with Crippen molar-refractivity contribution in [2.45, 2.75) is 54.0 Å². The number of ether oxygens (including phenoxy) is 1. The van der Waals surface area contributed by atoms with Crippen LogP contribution in [0.3, 0.4) is 0 Å². The standard InChI is InChI=1S/C28H31F4N4O3PS/c1-33-27-22(12-13-23(35-27)40(3,4)37)38-14-6-9-21-26(41-28(30,31)32)17-7-5-8-18(25(17)39-21)34-19-15-16-10-11-20(24(19)29)36(16)2/h5,7-8,12-13,16,19-20,24,34H,10-11,14-15H2,1-4H3,(H,33,35)/t16-,19-,20+,24-/m1/s1. The molecule has 2 bridgehead atoms. The summed E-state index contributed by atoms with van der Waals surface area (Å²) in [6.07, 6.45) is 1.19. The quantitative estimate of drug-likeness (QED) is 0.143. The minimum absolute atomic E-state index is 0.152. The van der Waals surface area contributed by atoms with Crippen molar-refractivity contribution in [3.05, 3.63) is 36.1 Å². The summed E-state index contributed by atoms with van der Waals surface area (Å²) in [4.78, 5) is 6.26. The molecule has 13 heteroatoms. The maximum atomic E-state index is 15.3. The molecule has 2 aliphatic rings. The monoisotopic (exact) mass is 610 g/mol. The number of thioether (sulfide) groups is 1. The number of aromatic nitrogens is 1. The van der Waals surface area contributed by atoms with Crippen LogP contribution < -0.4 is 20.8 Å². The van der Waals surface area contributed by atoms with Crippen molar-refractivity contribution in [1.29, 1.82) is 0 Å². The Morgan fingerprint density at radius 1 is 1.24 bits per heavy atom. The van der Waals surface area contributed by atoms with Gasteiger partial charge in [0.25, 0.3) is 0 Å². The Kier molecular flexibility index (Phi) is 8.25. The highest BCUT2D eigenvalue weighted by Crippen LogP contribution is 2.45. The largest absolute Gasteiger partial charge is 0.477 e. The predicted molar refractivity (Wildman–Crippen MR) is 155 cm³/mol. The minimum Gasteiger partial charge on any atom is -0.477 e. The van der Waals surface area contributed by atoms with Gasteiger partial charge in [0.15, 0.2) is 22.9 Å². The number of halogens is 4. The lowest BCUT2D eigenvalue weighted by atomic mass is 9.95. The molecule has 0 spiro atoms. The van der Waals surface area contributed by atoms with Crippen LogP contribution in [0, 0.1) is 11.8 Å². The number of nitrogens with zero attached hydrogens (tertiary/aromatic N) is 2. The normalized spacial score (nSPS) is 22.8. The molecule has 1 aromatic carbocycles. The van der Waals surface area contributed by atoms with Crippen LogP contribution in [0.5, 0.6) is 5.75 Å². The van der Waals surface area contributed by atoms with Crippen molar-refractivity contribution in [2.24, 2.45) is 0 Å². The topological polar surface area (TPSA) is 79.6 Å². The summed E-state index contributed by atoms with van der Waals surface area (Å²) in [5.74, 6) is 5.98. The lowest BCUT2D eigenvalue weighted by Crippen LogP contribution is -2.53. The van der Waals surface area contributed by atoms with Crippen molar-refractivity contribution in [3.63, 3.8) is 0 Å². The molecule has 0 amide bonds. The van der Waals surface area contributed by atoms with Gasteiger partial charge in [-0.15, -0.1) is 0 Å². The van der Waals surface area contributed by atoms with Gasteiger partial charge < -0.3 is 24.4 Å². The molecule has 4 heterocycles. The predicted octanol–water partition coefficient (Wildman–Crippen LogP) is 6.15. The molecular weight excluding hydrogens is 579 g/mol. The molecule has 0 unspecified atom stereocenters. The number of furan rings is 1. The number of benzene rings is 1. The number of rotatable bonds is 7. The van der Waals surface area contributed by atoms with Crippen molar-refractivity contribution in [3.8, 4) is 17.6 Å². The highest BCUT2D eigenvalue weighted by Gasteiger charge is 2.46. The van der Waals surface area contributed by atoms with E-state index in [1.165, 1.54) is 6.07 Å². The van der Waals surface area contributed by atoms with E-state index in [2.05, 4.69) is 32.4 Å². The molecule has 5 rings (SSSR count). The number of anilines is 2. The second-order valence-corrected chi connectivity index (χ2v) is 14.8. The number of para-hydroxylation sites is 1. The Morgan fingerprint density at radius 2 is 2.02 bits per heavy atom. The summed E-state index contributed by atoms with van der Waals surface area (Å²) in [6.45, 7) is 3.06. The van der Waals surface area contributed by atoms with Crippen molar-refractivity contribution in [2.75, 3.05) is 44.7 Å². The summed E-state index contributed by atoms with van der Waals surface area (Å²) in [5, 5.41) is 6.35. The second-order valence-electron chi connectivity index (χ2n) is 10.6. The first-order chi connectivity index (χ1) is 19.4. The SMILES string of the molecule is CNc1nc(P(C)(C)=O)ccc1OCC#Cc1oc2c(N[C@@H]3C[C@H]4CC[C@@H]([C@@H]3F)N4C)cccc2c1SC(F)(F)F. The van der Waals surface area contributed by atoms with E-state index in [4.69, 9.17) is 9.15 Å². The number of hydrogen-bond acceptors (Lipinski definition) is 8. The third-order valence-corrected chi connectivity index (χ3v) is 9.73. The van der Waals surface area contributed by atoms with Gasteiger partial charge in [-0.05, 0) is 81.6 Å². The van der Waals surface area contributed by atoms with Crippen LogP contribution in [0.25, 0.3) is 11.0 Å². The highest BCUT2D eigenvalue weighted by atomic mass is 32.2. The van der Waals surface area contributed by atoms with E-state index in [0.717, 1.165) is 12.8 Å². The third-order valence-electron chi connectivity index (χ3n) is 7.54. The molecule has 2 aliphatic heterocycles. The molecule has 0 saturated carbocycles. The van der Waals surface area contributed by atoms with Gasteiger partial charge in [0.1, 0.15) is 25.4 Å². The average molecular weight is 611 g/mol. The van der Waals surface area contributed by atoms with Gasteiger partial charge in [-0.1, -0.05) is 12.0 Å². The van der Waals surface area contributed by atoms with Gasteiger partial charge >= 0.3 is 5.51 Å². The van der Waals surface area contributed by atoms with Crippen LogP contribution in [-0.4, -0.2) is 73.7 Å². The number of piperidine rings is 1. The summed E-state index contributed by atoms with van der Waals surface area (Å²) >= 11 is -0.298. The molecule has 2 aromatic heterocycles. The first kappa shape index (κ1) is 29.6. The highest BCUT2D eigenvalue weighted by molar-refractivity contribution is 8.00.